The number of amides is 1. The summed E-state index contributed by atoms with van der Waals surface area (Å²) in [5.74, 6) is 0.108. The fourth-order valence-electron chi connectivity index (χ4n) is 0.953. The lowest BCUT2D eigenvalue weighted by molar-refractivity contribution is -0.121. The highest BCUT2D eigenvalue weighted by atomic mass is 79.9. The number of rotatable bonds is 4. The van der Waals surface area contributed by atoms with Crippen LogP contribution in [0.25, 0.3) is 0 Å². The Labute approximate surface area is 95.7 Å². The highest BCUT2D eigenvalue weighted by molar-refractivity contribution is 9.10. The molecule has 1 rings (SSSR count). The first-order valence-corrected chi connectivity index (χ1v) is 5.21. The summed E-state index contributed by atoms with van der Waals surface area (Å²) in [5, 5.41) is 2.48. The van der Waals surface area contributed by atoms with E-state index in [1.54, 1.807) is 7.05 Å². The summed E-state index contributed by atoms with van der Waals surface area (Å²) < 4.78 is 18.4. The van der Waals surface area contributed by atoms with Crippen LogP contribution in [0.1, 0.15) is 6.42 Å². The van der Waals surface area contributed by atoms with Crippen LogP contribution in [-0.2, 0) is 4.79 Å². The Bertz CT molecular complexity index is 357. The first-order valence-electron chi connectivity index (χ1n) is 4.42. The fraction of sp³-hybridized carbons (Fsp3) is 0.300. The van der Waals surface area contributed by atoms with Crippen LogP contribution in [-0.4, -0.2) is 19.6 Å². The quantitative estimate of drug-likeness (QED) is 0.914. The molecule has 0 aromatic heterocycles. The molecule has 0 heterocycles. The fourth-order valence-corrected chi connectivity index (χ4v) is 1.31. The van der Waals surface area contributed by atoms with Crippen molar-refractivity contribution < 1.29 is 13.9 Å². The molecular formula is C10H11BrFNO2. The molecule has 1 amide bonds. The third-order valence-corrected chi connectivity index (χ3v) is 2.38. The minimum absolute atomic E-state index is 0.0869. The normalized spacial score (nSPS) is 9.80. The van der Waals surface area contributed by atoms with Crippen LogP contribution in [0.4, 0.5) is 4.39 Å². The predicted octanol–water partition coefficient (Wildman–Crippen LogP) is 2.10. The summed E-state index contributed by atoms with van der Waals surface area (Å²) >= 11 is 3.05. The van der Waals surface area contributed by atoms with Crippen molar-refractivity contribution in [3.05, 3.63) is 28.5 Å². The van der Waals surface area contributed by atoms with Crippen molar-refractivity contribution in [3.8, 4) is 5.75 Å². The maximum atomic E-state index is 12.8. The first kappa shape index (κ1) is 12.0. The Morgan fingerprint density at radius 1 is 1.60 bits per heavy atom. The number of benzene rings is 1. The van der Waals surface area contributed by atoms with Gasteiger partial charge in [0, 0.05) is 7.05 Å². The molecule has 0 aliphatic heterocycles. The van der Waals surface area contributed by atoms with E-state index in [0.29, 0.717) is 10.2 Å². The Hall–Kier alpha value is -1.10. The number of halogens is 2. The minimum atomic E-state index is -0.339. The van der Waals surface area contributed by atoms with Crippen molar-refractivity contribution in [1.82, 2.24) is 5.32 Å². The topological polar surface area (TPSA) is 38.3 Å². The van der Waals surface area contributed by atoms with E-state index in [-0.39, 0.29) is 24.8 Å². The summed E-state index contributed by atoms with van der Waals surface area (Å²) in [6, 6.07) is 4.35. The third kappa shape index (κ3) is 3.87. The molecule has 0 atom stereocenters. The summed E-state index contributed by atoms with van der Waals surface area (Å²) in [6.45, 7) is 0.276. The largest absolute Gasteiger partial charge is 0.493 e. The van der Waals surface area contributed by atoms with Crippen LogP contribution < -0.4 is 10.1 Å². The highest BCUT2D eigenvalue weighted by Crippen LogP contribution is 2.21. The molecule has 0 spiro atoms. The molecule has 0 saturated heterocycles. The lowest BCUT2D eigenvalue weighted by Crippen LogP contribution is -2.20. The van der Waals surface area contributed by atoms with Gasteiger partial charge in [0.2, 0.25) is 5.91 Å². The zero-order valence-corrected chi connectivity index (χ0v) is 9.80. The molecule has 0 radical (unpaired) electrons. The second-order valence-corrected chi connectivity index (χ2v) is 3.70. The van der Waals surface area contributed by atoms with Crippen LogP contribution in [0.3, 0.4) is 0 Å². The molecule has 0 bridgehead atoms. The van der Waals surface area contributed by atoms with Gasteiger partial charge >= 0.3 is 0 Å². The lowest BCUT2D eigenvalue weighted by atomic mass is 10.3. The average molecular weight is 276 g/mol. The number of hydrogen-bond acceptors (Lipinski definition) is 2. The van der Waals surface area contributed by atoms with E-state index in [1.807, 2.05) is 0 Å². The van der Waals surface area contributed by atoms with Gasteiger partial charge in [-0.15, -0.1) is 0 Å². The molecule has 0 aliphatic rings. The third-order valence-electron chi connectivity index (χ3n) is 1.77. The molecule has 0 saturated carbocycles. The van der Waals surface area contributed by atoms with Gasteiger partial charge in [-0.05, 0) is 34.1 Å². The molecule has 82 valence electrons. The van der Waals surface area contributed by atoms with Crippen molar-refractivity contribution in [1.29, 1.82) is 0 Å². The van der Waals surface area contributed by atoms with Gasteiger partial charge in [-0.2, -0.15) is 0 Å². The Morgan fingerprint density at radius 2 is 2.33 bits per heavy atom. The number of nitrogens with one attached hydrogen (secondary N) is 1. The molecule has 1 N–H and O–H groups in total. The monoisotopic (exact) mass is 275 g/mol. The average Bonchev–Trinajstić information content (AvgIpc) is 2.23. The van der Waals surface area contributed by atoms with Gasteiger partial charge in [-0.3, -0.25) is 4.79 Å². The summed E-state index contributed by atoms with van der Waals surface area (Å²) in [4.78, 5) is 10.9. The molecule has 5 heteroatoms. The maximum absolute atomic E-state index is 12.8. The second kappa shape index (κ2) is 5.70. The van der Waals surface area contributed by atoms with Crippen molar-refractivity contribution in [2.75, 3.05) is 13.7 Å². The van der Waals surface area contributed by atoms with Crippen LogP contribution in [0, 0.1) is 5.82 Å². The van der Waals surface area contributed by atoms with Gasteiger partial charge in [0.1, 0.15) is 11.6 Å². The van der Waals surface area contributed by atoms with E-state index in [0.717, 1.165) is 0 Å². The Balaban J connectivity index is 2.44. The van der Waals surface area contributed by atoms with E-state index in [1.165, 1.54) is 18.2 Å². The van der Waals surface area contributed by atoms with E-state index in [2.05, 4.69) is 21.2 Å². The number of carbonyl (C=O) groups excluding carboxylic acids is 1. The summed E-state index contributed by atoms with van der Waals surface area (Å²) in [7, 11) is 1.57. The van der Waals surface area contributed by atoms with Gasteiger partial charge in [0.05, 0.1) is 17.5 Å². The van der Waals surface area contributed by atoms with Crippen LogP contribution in [0.5, 0.6) is 5.75 Å². The van der Waals surface area contributed by atoms with Gasteiger partial charge in [0.25, 0.3) is 0 Å². The SMILES string of the molecule is CNC(=O)CCOc1ccc(F)c(Br)c1. The molecule has 15 heavy (non-hydrogen) atoms. The number of carbonyl (C=O) groups is 1. The smallest absolute Gasteiger partial charge is 0.223 e. The van der Waals surface area contributed by atoms with E-state index < -0.39 is 0 Å². The lowest BCUT2D eigenvalue weighted by Gasteiger charge is -2.06. The maximum Gasteiger partial charge on any atom is 0.223 e. The Morgan fingerprint density at radius 3 is 2.93 bits per heavy atom. The minimum Gasteiger partial charge on any atom is -0.493 e. The van der Waals surface area contributed by atoms with Crippen molar-refractivity contribution >= 4 is 21.8 Å². The predicted molar refractivity (Wildman–Crippen MR) is 58.3 cm³/mol. The van der Waals surface area contributed by atoms with Crippen molar-refractivity contribution in [3.63, 3.8) is 0 Å². The molecule has 3 nitrogen and oxygen atoms in total. The second-order valence-electron chi connectivity index (χ2n) is 2.85. The first-order chi connectivity index (χ1) is 7.13. The molecule has 0 fully saturated rings. The zero-order valence-electron chi connectivity index (χ0n) is 8.22. The van der Waals surface area contributed by atoms with Gasteiger partial charge in [-0.25, -0.2) is 4.39 Å². The Kier molecular flexibility index (Phi) is 4.55. The standard InChI is InChI=1S/C10H11BrFNO2/c1-13-10(14)4-5-15-7-2-3-9(12)8(11)6-7/h2-3,6H,4-5H2,1H3,(H,13,14). The van der Waals surface area contributed by atoms with Crippen LogP contribution in [0.2, 0.25) is 0 Å². The van der Waals surface area contributed by atoms with Crippen molar-refractivity contribution in [2.24, 2.45) is 0 Å². The molecule has 0 aliphatic carbocycles. The van der Waals surface area contributed by atoms with Crippen molar-refractivity contribution in [2.45, 2.75) is 6.42 Å². The number of hydrogen-bond donors (Lipinski definition) is 1. The molecule has 0 unspecified atom stereocenters. The summed E-state index contributed by atoms with van der Waals surface area (Å²) in [6.07, 6.45) is 0.283. The van der Waals surface area contributed by atoms with E-state index in [9.17, 15) is 9.18 Å². The molecule has 1 aromatic carbocycles. The van der Waals surface area contributed by atoms with Gasteiger partial charge in [-0.1, -0.05) is 0 Å². The molecular weight excluding hydrogens is 265 g/mol. The van der Waals surface area contributed by atoms with Gasteiger partial charge < -0.3 is 10.1 Å². The zero-order chi connectivity index (χ0) is 11.3. The molecule has 1 aromatic rings. The van der Waals surface area contributed by atoms with Crippen LogP contribution >= 0.6 is 15.9 Å². The van der Waals surface area contributed by atoms with E-state index in [4.69, 9.17) is 4.74 Å². The number of ether oxygens (including phenoxy) is 1. The van der Waals surface area contributed by atoms with Gasteiger partial charge in [0.15, 0.2) is 0 Å². The van der Waals surface area contributed by atoms with E-state index >= 15 is 0 Å². The summed E-state index contributed by atoms with van der Waals surface area (Å²) in [5.41, 5.74) is 0. The highest BCUT2D eigenvalue weighted by Gasteiger charge is 2.02. The van der Waals surface area contributed by atoms with Crippen LogP contribution in [0.15, 0.2) is 22.7 Å².